The number of pyridine rings is 1. The molecule has 3 nitrogen and oxygen atoms in total. The summed E-state index contributed by atoms with van der Waals surface area (Å²) in [5, 5.41) is 21.9. The molecule has 2 rings (SSSR count). The first kappa shape index (κ1) is 11.6. The fraction of sp³-hybridized carbons (Fsp3) is 0.214. The summed E-state index contributed by atoms with van der Waals surface area (Å²) < 4.78 is 0.789. The summed E-state index contributed by atoms with van der Waals surface area (Å²) >= 11 is 0. The summed E-state index contributed by atoms with van der Waals surface area (Å²) in [6.07, 6.45) is 1.73. The summed E-state index contributed by atoms with van der Waals surface area (Å²) in [4.78, 5) is 0. The summed E-state index contributed by atoms with van der Waals surface area (Å²) in [6, 6.07) is 14.6. The fourth-order valence-electron chi connectivity index (χ4n) is 1.85. The van der Waals surface area contributed by atoms with Gasteiger partial charge in [-0.25, -0.2) is 0 Å². The van der Waals surface area contributed by atoms with E-state index < -0.39 is 5.60 Å². The highest BCUT2D eigenvalue weighted by Crippen LogP contribution is 2.23. The third kappa shape index (κ3) is 2.63. The Balaban J connectivity index is 2.27. The lowest BCUT2D eigenvalue weighted by molar-refractivity contribution is -0.615. The quantitative estimate of drug-likeness (QED) is 0.644. The minimum Gasteiger partial charge on any atom is -0.619 e. The molecule has 0 aliphatic heterocycles. The normalized spacial score (nSPS) is 14.2. The van der Waals surface area contributed by atoms with E-state index in [4.69, 9.17) is 0 Å². The molecule has 0 aliphatic rings. The molecule has 1 heterocycles. The van der Waals surface area contributed by atoms with Crippen molar-refractivity contribution in [1.82, 2.24) is 0 Å². The second-order valence-corrected chi connectivity index (χ2v) is 4.33. The van der Waals surface area contributed by atoms with Crippen LogP contribution >= 0.6 is 0 Å². The zero-order valence-corrected chi connectivity index (χ0v) is 9.71. The van der Waals surface area contributed by atoms with Gasteiger partial charge in [-0.1, -0.05) is 36.4 Å². The van der Waals surface area contributed by atoms with Crippen molar-refractivity contribution < 1.29 is 9.84 Å². The number of hydrogen-bond acceptors (Lipinski definition) is 2. The van der Waals surface area contributed by atoms with Gasteiger partial charge in [0.2, 0.25) is 0 Å². The van der Waals surface area contributed by atoms with Crippen molar-refractivity contribution in [2.75, 3.05) is 0 Å². The molecule has 1 N–H and O–H groups in total. The highest BCUT2D eigenvalue weighted by molar-refractivity contribution is 5.23. The van der Waals surface area contributed by atoms with Crippen molar-refractivity contribution in [3.05, 3.63) is 71.2 Å². The predicted molar refractivity (Wildman–Crippen MR) is 65.1 cm³/mol. The van der Waals surface area contributed by atoms with Crippen molar-refractivity contribution in [2.24, 2.45) is 0 Å². The van der Waals surface area contributed by atoms with Crippen LogP contribution in [0.1, 0.15) is 18.2 Å². The number of hydrogen-bond donors (Lipinski definition) is 1. The molecule has 0 saturated carbocycles. The van der Waals surface area contributed by atoms with Crippen LogP contribution in [-0.4, -0.2) is 5.11 Å². The molecule has 0 aliphatic carbocycles. The molecule has 0 fully saturated rings. The maximum atomic E-state index is 11.5. The highest BCUT2D eigenvalue weighted by Gasteiger charge is 2.26. The van der Waals surface area contributed by atoms with Gasteiger partial charge in [-0.3, -0.25) is 0 Å². The third-order valence-electron chi connectivity index (χ3n) is 2.83. The minimum absolute atomic E-state index is 0.293. The van der Waals surface area contributed by atoms with E-state index >= 15 is 0 Å². The number of aliphatic hydroxyl groups is 1. The molecule has 0 amide bonds. The monoisotopic (exact) mass is 229 g/mol. The minimum atomic E-state index is -1.03. The summed E-state index contributed by atoms with van der Waals surface area (Å²) in [5.41, 5.74) is 0.333. The molecule has 1 unspecified atom stereocenters. The Bertz CT molecular complexity index is 495. The lowest BCUT2D eigenvalue weighted by atomic mass is 9.91. The van der Waals surface area contributed by atoms with Gasteiger partial charge in [0.15, 0.2) is 11.9 Å². The van der Waals surface area contributed by atoms with Crippen LogP contribution in [0.25, 0.3) is 0 Å². The van der Waals surface area contributed by atoms with Crippen LogP contribution in [0.5, 0.6) is 0 Å². The first-order chi connectivity index (χ1) is 8.09. The Kier molecular flexibility index (Phi) is 3.11. The van der Waals surface area contributed by atoms with Crippen LogP contribution in [0.4, 0.5) is 0 Å². The lowest BCUT2D eigenvalue weighted by Crippen LogP contribution is -2.36. The lowest BCUT2D eigenvalue weighted by Gasteiger charge is -2.22. The van der Waals surface area contributed by atoms with Gasteiger partial charge < -0.3 is 10.3 Å². The fourth-order valence-corrected chi connectivity index (χ4v) is 1.85. The molecular formula is C14H15NO2. The van der Waals surface area contributed by atoms with Crippen molar-refractivity contribution in [3.8, 4) is 0 Å². The van der Waals surface area contributed by atoms with Crippen LogP contribution in [0.3, 0.4) is 0 Å². The Labute approximate surface area is 101 Å². The van der Waals surface area contributed by atoms with Gasteiger partial charge in [-0.2, -0.15) is 4.73 Å². The van der Waals surface area contributed by atoms with E-state index in [1.165, 1.54) is 6.20 Å². The molecule has 0 radical (unpaired) electrons. The van der Waals surface area contributed by atoms with Gasteiger partial charge in [0, 0.05) is 12.1 Å². The summed E-state index contributed by atoms with van der Waals surface area (Å²) in [7, 11) is 0. The Morgan fingerprint density at radius 1 is 1.12 bits per heavy atom. The summed E-state index contributed by atoms with van der Waals surface area (Å²) in [6.45, 7) is 1.72. The third-order valence-corrected chi connectivity index (χ3v) is 2.83. The molecule has 2 aromatic rings. The molecular weight excluding hydrogens is 214 g/mol. The molecule has 1 atom stereocenters. The standard InChI is InChI=1S/C14H15NO2/c1-14(16,12-7-3-2-4-8-12)11-13-9-5-6-10-15(13)17/h2-10,16H,11H2,1H3. The van der Waals surface area contributed by atoms with Crippen molar-refractivity contribution >= 4 is 0 Å². The first-order valence-electron chi connectivity index (χ1n) is 5.54. The van der Waals surface area contributed by atoms with Crippen LogP contribution in [0, 0.1) is 5.21 Å². The second kappa shape index (κ2) is 4.55. The van der Waals surface area contributed by atoms with Crippen LogP contribution < -0.4 is 4.73 Å². The van der Waals surface area contributed by atoms with Crippen LogP contribution in [0.15, 0.2) is 54.7 Å². The SMILES string of the molecule is CC(O)(Cc1cccc[n+]1[O-])c1ccccc1. The molecule has 17 heavy (non-hydrogen) atoms. The molecule has 88 valence electrons. The predicted octanol–water partition coefficient (Wildman–Crippen LogP) is 1.77. The van der Waals surface area contributed by atoms with E-state index in [1.54, 1.807) is 25.1 Å². The molecule has 1 aromatic heterocycles. The van der Waals surface area contributed by atoms with E-state index in [2.05, 4.69) is 0 Å². The number of rotatable bonds is 3. The van der Waals surface area contributed by atoms with E-state index in [0.29, 0.717) is 12.1 Å². The topological polar surface area (TPSA) is 47.2 Å². The van der Waals surface area contributed by atoms with Crippen LogP contribution in [-0.2, 0) is 12.0 Å². The number of benzene rings is 1. The maximum Gasteiger partial charge on any atom is 0.195 e. The van der Waals surface area contributed by atoms with Crippen molar-refractivity contribution in [2.45, 2.75) is 18.9 Å². The van der Waals surface area contributed by atoms with Crippen molar-refractivity contribution in [1.29, 1.82) is 0 Å². The van der Waals surface area contributed by atoms with Gasteiger partial charge in [0.1, 0.15) is 0 Å². The Morgan fingerprint density at radius 3 is 2.41 bits per heavy atom. The zero-order valence-electron chi connectivity index (χ0n) is 9.71. The molecule has 0 spiro atoms. The second-order valence-electron chi connectivity index (χ2n) is 4.33. The average Bonchev–Trinajstić information content (AvgIpc) is 2.33. The Morgan fingerprint density at radius 2 is 1.76 bits per heavy atom. The smallest absolute Gasteiger partial charge is 0.195 e. The largest absolute Gasteiger partial charge is 0.619 e. The number of aromatic nitrogens is 1. The van der Waals surface area contributed by atoms with E-state index in [0.717, 1.165) is 10.3 Å². The van der Waals surface area contributed by atoms with Gasteiger partial charge in [0.25, 0.3) is 0 Å². The summed E-state index contributed by atoms with van der Waals surface area (Å²) in [5.74, 6) is 0. The van der Waals surface area contributed by atoms with Crippen molar-refractivity contribution in [3.63, 3.8) is 0 Å². The average molecular weight is 229 g/mol. The van der Waals surface area contributed by atoms with Crippen LogP contribution in [0.2, 0.25) is 0 Å². The van der Waals surface area contributed by atoms with Gasteiger partial charge in [0.05, 0.1) is 12.0 Å². The van der Waals surface area contributed by atoms with E-state index in [-0.39, 0.29) is 0 Å². The number of nitrogens with zero attached hydrogens (tertiary/aromatic N) is 1. The maximum absolute atomic E-state index is 11.5. The van der Waals surface area contributed by atoms with Gasteiger partial charge in [-0.15, -0.1) is 0 Å². The first-order valence-corrected chi connectivity index (χ1v) is 5.54. The molecule has 0 bridgehead atoms. The molecule has 0 saturated heterocycles. The molecule has 3 heteroatoms. The van der Waals surface area contributed by atoms with E-state index in [1.807, 2.05) is 30.3 Å². The van der Waals surface area contributed by atoms with E-state index in [9.17, 15) is 10.3 Å². The zero-order chi connectivity index (χ0) is 12.3. The van der Waals surface area contributed by atoms with Gasteiger partial charge in [-0.05, 0) is 12.5 Å². The molecule has 1 aromatic carbocycles. The highest BCUT2D eigenvalue weighted by atomic mass is 16.5. The Hall–Kier alpha value is -1.87. The van der Waals surface area contributed by atoms with Gasteiger partial charge >= 0.3 is 0 Å².